The van der Waals surface area contributed by atoms with Crippen molar-refractivity contribution in [2.24, 2.45) is 5.92 Å². The van der Waals surface area contributed by atoms with Gasteiger partial charge in [0.25, 0.3) is 0 Å². The van der Waals surface area contributed by atoms with Gasteiger partial charge in [-0.1, -0.05) is 13.8 Å². The molecular weight excluding hydrogens is 248 g/mol. The van der Waals surface area contributed by atoms with Crippen LogP contribution in [-0.2, 0) is 6.54 Å². The molecule has 7 heteroatoms. The van der Waals surface area contributed by atoms with Crippen LogP contribution in [-0.4, -0.2) is 30.0 Å². The van der Waals surface area contributed by atoms with Crippen molar-refractivity contribution >= 4 is 12.6 Å². The van der Waals surface area contributed by atoms with Crippen LogP contribution in [0, 0.1) is 5.92 Å². The van der Waals surface area contributed by atoms with Crippen molar-refractivity contribution < 1.29 is 0 Å². The molecule has 0 bridgehead atoms. The largest absolute Gasteiger partial charge is 0.258 e. The van der Waals surface area contributed by atoms with Crippen LogP contribution in [0.2, 0.25) is 0 Å². The molecule has 6 nitrogen and oxygen atoms in total. The van der Waals surface area contributed by atoms with E-state index in [4.69, 9.17) is 0 Å². The minimum Gasteiger partial charge on any atom is -0.258 e. The summed E-state index contributed by atoms with van der Waals surface area (Å²) in [5.74, 6) is 1.09. The summed E-state index contributed by atoms with van der Waals surface area (Å²) in [6.07, 6.45) is 1.74. The molecule has 2 aromatic heterocycles. The van der Waals surface area contributed by atoms with Crippen molar-refractivity contribution in [3.8, 4) is 11.4 Å². The number of rotatable bonds is 4. The summed E-state index contributed by atoms with van der Waals surface area (Å²) in [5.41, 5.74) is 0.825. The summed E-state index contributed by atoms with van der Waals surface area (Å²) in [6.45, 7) is 9.13. The van der Waals surface area contributed by atoms with Crippen molar-refractivity contribution in [3.05, 3.63) is 6.20 Å². The first-order chi connectivity index (χ1) is 8.49. The molecule has 0 aliphatic carbocycles. The average Bonchev–Trinajstić information content (AvgIpc) is 2.86. The Labute approximate surface area is 112 Å². The van der Waals surface area contributed by atoms with Crippen LogP contribution in [0.25, 0.3) is 11.4 Å². The van der Waals surface area contributed by atoms with E-state index in [1.807, 2.05) is 18.5 Å². The lowest BCUT2D eigenvalue weighted by molar-refractivity contribution is 0.454. The Bertz CT molecular complexity index is 527. The van der Waals surface area contributed by atoms with Gasteiger partial charge in [-0.25, -0.2) is 0 Å². The van der Waals surface area contributed by atoms with Gasteiger partial charge in [0.1, 0.15) is 5.03 Å². The Balaban J connectivity index is 2.30. The highest BCUT2D eigenvalue weighted by Crippen LogP contribution is 2.23. The monoisotopic (exact) mass is 266 g/mol. The molecule has 0 spiro atoms. The number of thiol groups is 1. The van der Waals surface area contributed by atoms with Crippen LogP contribution >= 0.6 is 12.6 Å². The Morgan fingerprint density at radius 3 is 2.56 bits per heavy atom. The first kappa shape index (κ1) is 13.1. The minimum atomic E-state index is 0.195. The minimum absolute atomic E-state index is 0.195. The highest BCUT2D eigenvalue weighted by molar-refractivity contribution is 7.80. The Morgan fingerprint density at radius 1 is 1.28 bits per heavy atom. The second kappa shape index (κ2) is 5.09. The van der Waals surface area contributed by atoms with E-state index in [9.17, 15) is 0 Å². The SMILES string of the molecule is CC(C)Cn1ncc(-c2nnn(C(C)C)n2)c1S. The average molecular weight is 266 g/mol. The van der Waals surface area contributed by atoms with Gasteiger partial charge in [0.2, 0.25) is 5.82 Å². The summed E-state index contributed by atoms with van der Waals surface area (Å²) in [5, 5.41) is 17.5. The number of aromatic nitrogens is 6. The van der Waals surface area contributed by atoms with Gasteiger partial charge in [-0.2, -0.15) is 9.90 Å². The highest BCUT2D eigenvalue weighted by atomic mass is 32.1. The van der Waals surface area contributed by atoms with Gasteiger partial charge >= 0.3 is 0 Å². The second-order valence-corrected chi connectivity index (χ2v) is 5.41. The zero-order chi connectivity index (χ0) is 13.3. The molecule has 0 saturated carbocycles. The topological polar surface area (TPSA) is 61.4 Å². The van der Waals surface area contributed by atoms with Crippen LogP contribution in [0.1, 0.15) is 33.7 Å². The summed E-state index contributed by atoms with van der Waals surface area (Å²) in [7, 11) is 0. The molecule has 0 unspecified atom stereocenters. The summed E-state index contributed by atoms with van der Waals surface area (Å²) in [4.78, 5) is 1.59. The molecule has 0 atom stereocenters. The maximum absolute atomic E-state index is 4.49. The predicted molar refractivity (Wildman–Crippen MR) is 71.5 cm³/mol. The van der Waals surface area contributed by atoms with Crippen molar-refractivity contribution in [1.29, 1.82) is 0 Å². The smallest absolute Gasteiger partial charge is 0.209 e. The normalized spacial score (nSPS) is 11.7. The zero-order valence-corrected chi connectivity index (χ0v) is 12.0. The lowest BCUT2D eigenvalue weighted by atomic mass is 10.2. The van der Waals surface area contributed by atoms with Crippen LogP contribution in [0.15, 0.2) is 11.2 Å². The van der Waals surface area contributed by atoms with Crippen LogP contribution in [0.5, 0.6) is 0 Å². The van der Waals surface area contributed by atoms with Gasteiger partial charge in [-0.05, 0) is 25.0 Å². The number of hydrogen-bond donors (Lipinski definition) is 1. The standard InChI is InChI=1S/C11H18N6S/c1-7(2)6-16-11(18)9(5-12-16)10-13-15-17(14-10)8(3)4/h5,7-8,18H,6H2,1-4H3. The molecule has 0 aromatic carbocycles. The van der Waals surface area contributed by atoms with E-state index in [2.05, 4.69) is 47.0 Å². The highest BCUT2D eigenvalue weighted by Gasteiger charge is 2.15. The number of nitrogens with zero attached hydrogens (tertiary/aromatic N) is 6. The van der Waals surface area contributed by atoms with Crippen LogP contribution < -0.4 is 0 Å². The Morgan fingerprint density at radius 2 is 2.00 bits per heavy atom. The van der Waals surface area contributed by atoms with Gasteiger partial charge in [-0.15, -0.1) is 22.8 Å². The molecule has 2 aromatic rings. The van der Waals surface area contributed by atoms with Gasteiger partial charge < -0.3 is 0 Å². The fourth-order valence-electron chi connectivity index (χ4n) is 1.57. The molecule has 0 amide bonds. The van der Waals surface area contributed by atoms with Gasteiger partial charge in [0.05, 0.1) is 17.8 Å². The Hall–Kier alpha value is -1.37. The Kier molecular flexibility index (Phi) is 3.70. The third kappa shape index (κ3) is 2.55. The number of tetrazole rings is 1. The van der Waals surface area contributed by atoms with E-state index in [1.165, 1.54) is 0 Å². The second-order valence-electron chi connectivity index (χ2n) is 4.98. The lowest BCUT2D eigenvalue weighted by Crippen LogP contribution is -2.06. The molecule has 2 rings (SSSR count). The van der Waals surface area contributed by atoms with Gasteiger partial charge in [0.15, 0.2) is 0 Å². The van der Waals surface area contributed by atoms with E-state index in [1.54, 1.807) is 11.0 Å². The first-order valence-electron chi connectivity index (χ1n) is 6.03. The van der Waals surface area contributed by atoms with Crippen molar-refractivity contribution in [1.82, 2.24) is 30.0 Å². The van der Waals surface area contributed by atoms with Crippen LogP contribution in [0.3, 0.4) is 0 Å². The first-order valence-corrected chi connectivity index (χ1v) is 6.48. The zero-order valence-electron chi connectivity index (χ0n) is 11.1. The summed E-state index contributed by atoms with van der Waals surface area (Å²) < 4.78 is 1.86. The number of hydrogen-bond acceptors (Lipinski definition) is 5. The van der Waals surface area contributed by atoms with E-state index in [-0.39, 0.29) is 6.04 Å². The van der Waals surface area contributed by atoms with Crippen molar-refractivity contribution in [2.75, 3.05) is 0 Å². The fourth-order valence-corrected chi connectivity index (χ4v) is 1.86. The predicted octanol–water partition coefficient (Wildman–Crippen LogP) is 2.06. The molecule has 0 aliphatic heterocycles. The molecule has 0 aliphatic rings. The fraction of sp³-hybridized carbons (Fsp3) is 0.636. The van der Waals surface area contributed by atoms with E-state index < -0.39 is 0 Å². The third-order valence-electron chi connectivity index (χ3n) is 2.48. The molecule has 98 valence electrons. The maximum atomic E-state index is 4.49. The van der Waals surface area contributed by atoms with Gasteiger partial charge in [0, 0.05) is 6.54 Å². The quantitative estimate of drug-likeness (QED) is 0.860. The van der Waals surface area contributed by atoms with Crippen molar-refractivity contribution in [3.63, 3.8) is 0 Å². The molecule has 0 fully saturated rings. The molecule has 18 heavy (non-hydrogen) atoms. The van der Waals surface area contributed by atoms with E-state index >= 15 is 0 Å². The van der Waals surface area contributed by atoms with Crippen LogP contribution in [0.4, 0.5) is 0 Å². The molecule has 2 heterocycles. The molecule has 0 saturated heterocycles. The lowest BCUT2D eigenvalue weighted by Gasteiger charge is -2.06. The van der Waals surface area contributed by atoms with E-state index in [0.29, 0.717) is 11.7 Å². The van der Waals surface area contributed by atoms with Gasteiger partial charge in [-0.3, -0.25) is 4.68 Å². The third-order valence-corrected chi connectivity index (χ3v) is 2.95. The molecule has 0 radical (unpaired) electrons. The molecular formula is C11H18N6S. The molecule has 0 N–H and O–H groups in total. The van der Waals surface area contributed by atoms with Crippen molar-refractivity contribution in [2.45, 2.75) is 45.3 Å². The summed E-state index contributed by atoms with van der Waals surface area (Å²) >= 11 is 4.49. The summed E-state index contributed by atoms with van der Waals surface area (Å²) in [6, 6.07) is 0.195. The maximum Gasteiger partial charge on any atom is 0.209 e. The van der Waals surface area contributed by atoms with E-state index in [0.717, 1.165) is 17.1 Å².